The molecule has 1 aliphatic heterocycles. The fourth-order valence-corrected chi connectivity index (χ4v) is 3.39. The van der Waals surface area contributed by atoms with E-state index in [2.05, 4.69) is 4.90 Å². The van der Waals surface area contributed by atoms with E-state index in [1.807, 2.05) is 19.1 Å². The summed E-state index contributed by atoms with van der Waals surface area (Å²) >= 11 is 1.74. The van der Waals surface area contributed by atoms with Crippen LogP contribution in [0.3, 0.4) is 0 Å². The van der Waals surface area contributed by atoms with Crippen molar-refractivity contribution < 1.29 is 13.9 Å². The first-order chi connectivity index (χ1) is 10.2. The van der Waals surface area contributed by atoms with E-state index in [0.29, 0.717) is 6.61 Å². The molecule has 0 spiro atoms. The van der Waals surface area contributed by atoms with Crippen LogP contribution in [0.5, 0.6) is 0 Å². The van der Waals surface area contributed by atoms with Crippen LogP contribution >= 0.6 is 11.8 Å². The lowest BCUT2D eigenvalue weighted by Gasteiger charge is -2.30. The van der Waals surface area contributed by atoms with Gasteiger partial charge in [-0.2, -0.15) is 0 Å². The molecule has 21 heavy (non-hydrogen) atoms. The number of esters is 1. The molecule has 0 saturated carbocycles. The molecule has 1 heterocycles. The Bertz CT molecular complexity index is 444. The minimum Gasteiger partial charge on any atom is -0.466 e. The Kier molecular flexibility index (Phi) is 6.51. The molecule has 5 heteroatoms. The van der Waals surface area contributed by atoms with Gasteiger partial charge >= 0.3 is 5.97 Å². The summed E-state index contributed by atoms with van der Waals surface area (Å²) in [5, 5.41) is 0. The zero-order chi connectivity index (χ0) is 15.1. The van der Waals surface area contributed by atoms with Gasteiger partial charge in [-0.25, -0.2) is 4.39 Å². The average molecular weight is 311 g/mol. The van der Waals surface area contributed by atoms with Crippen molar-refractivity contribution in [3.05, 3.63) is 30.1 Å². The van der Waals surface area contributed by atoms with E-state index < -0.39 is 0 Å². The van der Waals surface area contributed by atoms with Crippen molar-refractivity contribution in [2.24, 2.45) is 5.92 Å². The van der Waals surface area contributed by atoms with Crippen molar-refractivity contribution in [1.29, 1.82) is 0 Å². The highest BCUT2D eigenvalue weighted by molar-refractivity contribution is 7.99. The van der Waals surface area contributed by atoms with Crippen LogP contribution in [0.25, 0.3) is 0 Å². The first-order valence-electron chi connectivity index (χ1n) is 7.46. The number of nitrogens with zero attached hydrogens (tertiary/aromatic N) is 1. The largest absolute Gasteiger partial charge is 0.466 e. The fraction of sp³-hybridized carbons (Fsp3) is 0.562. The third-order valence-corrected chi connectivity index (χ3v) is 4.69. The molecule has 2 rings (SSSR count). The highest BCUT2D eigenvalue weighted by atomic mass is 32.2. The number of carbonyl (C=O) groups excluding carboxylic acids is 1. The maximum atomic E-state index is 12.8. The van der Waals surface area contributed by atoms with Crippen LogP contribution in [0, 0.1) is 11.7 Å². The number of likely N-dealkylation sites (tertiary alicyclic amines) is 1. The van der Waals surface area contributed by atoms with Crippen molar-refractivity contribution >= 4 is 17.7 Å². The first-order valence-corrected chi connectivity index (χ1v) is 8.45. The summed E-state index contributed by atoms with van der Waals surface area (Å²) in [7, 11) is 0. The standard InChI is InChI=1S/C16H22FNO2S/c1-2-20-16(19)13-7-9-18(10-8-13)11-12-21-15-5-3-14(17)4-6-15/h3-6,13H,2,7-12H2,1H3. The van der Waals surface area contributed by atoms with Gasteiger partial charge in [-0.3, -0.25) is 4.79 Å². The summed E-state index contributed by atoms with van der Waals surface area (Å²) in [4.78, 5) is 15.1. The molecule has 1 aromatic carbocycles. The molecule has 3 nitrogen and oxygen atoms in total. The number of rotatable bonds is 6. The maximum absolute atomic E-state index is 12.8. The molecule has 0 aliphatic carbocycles. The molecule has 0 bridgehead atoms. The van der Waals surface area contributed by atoms with Crippen molar-refractivity contribution in [3.63, 3.8) is 0 Å². The molecule has 116 valence electrons. The summed E-state index contributed by atoms with van der Waals surface area (Å²) in [5.74, 6) is 0.819. The monoisotopic (exact) mass is 311 g/mol. The van der Waals surface area contributed by atoms with Crippen LogP contribution in [0.4, 0.5) is 4.39 Å². The van der Waals surface area contributed by atoms with Gasteiger partial charge in [0.25, 0.3) is 0 Å². The lowest BCUT2D eigenvalue weighted by molar-refractivity contribution is -0.149. The van der Waals surface area contributed by atoms with Gasteiger partial charge in [-0.05, 0) is 57.1 Å². The summed E-state index contributed by atoms with van der Waals surface area (Å²) in [6.07, 6.45) is 1.78. The van der Waals surface area contributed by atoms with Crippen LogP contribution in [-0.2, 0) is 9.53 Å². The Hall–Kier alpha value is -1.07. The van der Waals surface area contributed by atoms with Gasteiger partial charge in [0.05, 0.1) is 12.5 Å². The van der Waals surface area contributed by atoms with Crippen molar-refractivity contribution in [3.8, 4) is 0 Å². The topological polar surface area (TPSA) is 29.5 Å². The lowest BCUT2D eigenvalue weighted by Crippen LogP contribution is -2.38. The Morgan fingerprint density at radius 3 is 2.62 bits per heavy atom. The van der Waals surface area contributed by atoms with Gasteiger partial charge in [-0.15, -0.1) is 11.8 Å². The highest BCUT2D eigenvalue weighted by Crippen LogP contribution is 2.21. The number of piperidine rings is 1. The van der Waals surface area contributed by atoms with Gasteiger partial charge in [0.1, 0.15) is 5.82 Å². The third kappa shape index (κ3) is 5.32. The minimum atomic E-state index is -0.194. The summed E-state index contributed by atoms with van der Waals surface area (Å²) < 4.78 is 17.9. The molecule has 0 amide bonds. The first kappa shape index (κ1) is 16.3. The van der Waals surface area contributed by atoms with E-state index in [1.165, 1.54) is 12.1 Å². The lowest BCUT2D eigenvalue weighted by atomic mass is 9.97. The Balaban J connectivity index is 1.65. The molecule has 1 aromatic rings. The zero-order valence-electron chi connectivity index (χ0n) is 12.4. The van der Waals surface area contributed by atoms with Gasteiger partial charge in [-0.1, -0.05) is 0 Å². The van der Waals surface area contributed by atoms with Crippen LogP contribution in [0.15, 0.2) is 29.2 Å². The minimum absolute atomic E-state index is 0.0437. The average Bonchev–Trinajstić information content (AvgIpc) is 2.50. The number of thioether (sulfide) groups is 1. The predicted molar refractivity (Wildman–Crippen MR) is 82.9 cm³/mol. The molecule has 0 unspecified atom stereocenters. The van der Waals surface area contributed by atoms with E-state index in [-0.39, 0.29) is 17.7 Å². The number of hydrogen-bond donors (Lipinski definition) is 0. The molecule has 1 fully saturated rings. The molecule has 0 radical (unpaired) electrons. The quantitative estimate of drug-likeness (QED) is 0.596. The molecule has 0 atom stereocenters. The molecule has 0 aromatic heterocycles. The molecule has 0 N–H and O–H groups in total. The molecular formula is C16H22FNO2S. The summed E-state index contributed by atoms with van der Waals surface area (Å²) in [5.41, 5.74) is 0. The van der Waals surface area contributed by atoms with E-state index >= 15 is 0 Å². The molecule has 1 aliphatic rings. The third-order valence-electron chi connectivity index (χ3n) is 3.70. The number of carbonyl (C=O) groups is 1. The number of halogens is 1. The smallest absolute Gasteiger partial charge is 0.309 e. The van der Waals surface area contributed by atoms with Crippen molar-refractivity contribution in [2.75, 3.05) is 32.0 Å². The molecule has 1 saturated heterocycles. The number of hydrogen-bond acceptors (Lipinski definition) is 4. The van der Waals surface area contributed by atoms with Crippen LogP contribution in [0.1, 0.15) is 19.8 Å². The van der Waals surface area contributed by atoms with Crippen molar-refractivity contribution in [1.82, 2.24) is 4.90 Å². The normalized spacial score (nSPS) is 16.9. The van der Waals surface area contributed by atoms with Crippen LogP contribution < -0.4 is 0 Å². The predicted octanol–water partition coefficient (Wildman–Crippen LogP) is 3.19. The van der Waals surface area contributed by atoms with E-state index in [1.54, 1.807) is 11.8 Å². The van der Waals surface area contributed by atoms with Crippen LogP contribution in [0.2, 0.25) is 0 Å². The van der Waals surface area contributed by atoms with Gasteiger partial charge < -0.3 is 9.64 Å². The van der Waals surface area contributed by atoms with Crippen molar-refractivity contribution in [2.45, 2.75) is 24.7 Å². The zero-order valence-corrected chi connectivity index (χ0v) is 13.2. The van der Waals surface area contributed by atoms with E-state index in [9.17, 15) is 9.18 Å². The second-order valence-corrected chi connectivity index (χ2v) is 6.34. The van der Waals surface area contributed by atoms with E-state index in [0.717, 1.165) is 43.1 Å². The Labute approximate surface area is 129 Å². The second-order valence-electron chi connectivity index (χ2n) is 5.17. The SMILES string of the molecule is CCOC(=O)C1CCN(CCSc2ccc(F)cc2)CC1. The summed E-state index contributed by atoms with van der Waals surface area (Å²) in [6.45, 7) is 5.21. The second kappa shape index (κ2) is 8.39. The van der Waals surface area contributed by atoms with Crippen LogP contribution in [-0.4, -0.2) is 42.9 Å². The Morgan fingerprint density at radius 1 is 1.33 bits per heavy atom. The van der Waals surface area contributed by atoms with Gasteiger partial charge in [0.15, 0.2) is 0 Å². The van der Waals surface area contributed by atoms with E-state index in [4.69, 9.17) is 4.74 Å². The Morgan fingerprint density at radius 2 is 2.00 bits per heavy atom. The number of ether oxygens (including phenoxy) is 1. The number of benzene rings is 1. The summed E-state index contributed by atoms with van der Waals surface area (Å²) in [6, 6.07) is 6.61. The maximum Gasteiger partial charge on any atom is 0.309 e. The van der Waals surface area contributed by atoms with Gasteiger partial charge in [0.2, 0.25) is 0 Å². The highest BCUT2D eigenvalue weighted by Gasteiger charge is 2.25. The van der Waals surface area contributed by atoms with Gasteiger partial charge in [0, 0.05) is 17.2 Å². The molecular weight excluding hydrogens is 289 g/mol. The fourth-order valence-electron chi connectivity index (χ4n) is 2.48.